The van der Waals surface area contributed by atoms with Gasteiger partial charge in [-0.2, -0.15) is 0 Å². The number of hydrogen-bond acceptors (Lipinski definition) is 2. The lowest BCUT2D eigenvalue weighted by Crippen LogP contribution is -2.11. The van der Waals surface area contributed by atoms with Gasteiger partial charge in [0.25, 0.3) is 0 Å². The molecule has 2 heteroatoms. The standard InChI is InChI=1S/C43H29NS/c1-2-9-27(10-3-1)29-13-6-14-31(23-29)44(33-21-22-35-34-15-4-5-18-40(34)45-41(35)26-33)32-20-19-30-24-39-36-16-7-11-28-12-8-17-37(42(28)36)43(39)38(30)25-32/h1-23,25-26,39,43H,24H2. The molecule has 2 unspecified atom stereocenters. The molecule has 1 heterocycles. The molecule has 0 saturated heterocycles. The molecule has 2 atom stereocenters. The lowest BCUT2D eigenvalue weighted by Gasteiger charge is -2.27. The van der Waals surface area contributed by atoms with Crippen molar-refractivity contribution in [3.63, 3.8) is 0 Å². The van der Waals surface area contributed by atoms with Gasteiger partial charge in [0.15, 0.2) is 0 Å². The van der Waals surface area contributed by atoms with Crippen molar-refractivity contribution >= 4 is 59.3 Å². The molecule has 1 nitrogen and oxygen atoms in total. The van der Waals surface area contributed by atoms with Crippen molar-refractivity contribution in [3.05, 3.63) is 174 Å². The highest BCUT2D eigenvalue weighted by molar-refractivity contribution is 7.25. The summed E-state index contributed by atoms with van der Waals surface area (Å²) in [7, 11) is 0. The fourth-order valence-corrected chi connectivity index (χ4v) is 9.31. The molecule has 0 spiro atoms. The first-order valence-electron chi connectivity index (χ1n) is 15.8. The quantitative estimate of drug-likeness (QED) is 0.197. The van der Waals surface area contributed by atoms with Crippen LogP contribution < -0.4 is 4.90 Å². The van der Waals surface area contributed by atoms with Crippen molar-refractivity contribution < 1.29 is 0 Å². The maximum Gasteiger partial charge on any atom is 0.0476 e. The minimum Gasteiger partial charge on any atom is -0.310 e. The van der Waals surface area contributed by atoms with Crippen LogP contribution in [-0.4, -0.2) is 0 Å². The fraction of sp³-hybridized carbons (Fsp3) is 0.0698. The third kappa shape index (κ3) is 3.79. The molecule has 8 aromatic rings. The van der Waals surface area contributed by atoms with Crippen LogP contribution >= 0.6 is 11.3 Å². The fourth-order valence-electron chi connectivity index (χ4n) is 8.17. The smallest absolute Gasteiger partial charge is 0.0476 e. The highest BCUT2D eigenvalue weighted by atomic mass is 32.1. The Morgan fingerprint density at radius 2 is 1.20 bits per heavy atom. The topological polar surface area (TPSA) is 3.24 Å². The van der Waals surface area contributed by atoms with Gasteiger partial charge in [0.2, 0.25) is 0 Å². The predicted molar refractivity (Wildman–Crippen MR) is 192 cm³/mol. The highest BCUT2D eigenvalue weighted by Crippen LogP contribution is 2.57. The van der Waals surface area contributed by atoms with Crippen LogP contribution in [0, 0.1) is 0 Å². The van der Waals surface area contributed by atoms with Gasteiger partial charge in [0, 0.05) is 43.2 Å². The van der Waals surface area contributed by atoms with Gasteiger partial charge in [-0.05, 0) is 99.0 Å². The van der Waals surface area contributed by atoms with Crippen molar-refractivity contribution in [3.8, 4) is 11.1 Å². The third-order valence-electron chi connectivity index (χ3n) is 10.1. The summed E-state index contributed by atoms with van der Waals surface area (Å²) in [4.78, 5) is 2.46. The summed E-state index contributed by atoms with van der Waals surface area (Å²) in [5.41, 5.74) is 12.0. The largest absolute Gasteiger partial charge is 0.310 e. The van der Waals surface area contributed by atoms with Gasteiger partial charge in [-0.1, -0.05) is 109 Å². The van der Waals surface area contributed by atoms with E-state index in [9.17, 15) is 0 Å². The first kappa shape index (κ1) is 25.2. The number of thiophene rings is 1. The van der Waals surface area contributed by atoms with Crippen molar-refractivity contribution in [1.29, 1.82) is 0 Å². The summed E-state index contributed by atoms with van der Waals surface area (Å²) in [6.07, 6.45) is 1.10. The van der Waals surface area contributed by atoms with E-state index < -0.39 is 0 Å². The molecule has 45 heavy (non-hydrogen) atoms. The SMILES string of the molecule is c1ccc(-c2cccc(N(c3ccc4c(c3)C3c5cccc6cccc(c56)C3C4)c3ccc4c(c3)sc3ccccc34)c2)cc1. The van der Waals surface area contributed by atoms with Gasteiger partial charge < -0.3 is 4.90 Å². The number of nitrogens with zero attached hydrogens (tertiary/aromatic N) is 1. The Labute approximate surface area is 266 Å². The van der Waals surface area contributed by atoms with Gasteiger partial charge in [-0.3, -0.25) is 0 Å². The molecule has 0 fully saturated rings. The van der Waals surface area contributed by atoms with Crippen molar-refractivity contribution in [2.24, 2.45) is 0 Å². The number of anilines is 3. The van der Waals surface area contributed by atoms with E-state index in [2.05, 4.69) is 157 Å². The molecule has 2 aliphatic carbocycles. The zero-order chi connectivity index (χ0) is 29.5. The van der Waals surface area contributed by atoms with Gasteiger partial charge in [0.1, 0.15) is 0 Å². The van der Waals surface area contributed by atoms with E-state index in [0.717, 1.165) is 6.42 Å². The number of fused-ring (bicyclic) bond motifs is 8. The molecule has 10 rings (SSSR count). The van der Waals surface area contributed by atoms with Crippen LogP contribution in [0.4, 0.5) is 17.1 Å². The van der Waals surface area contributed by atoms with Gasteiger partial charge in [0.05, 0.1) is 0 Å². The van der Waals surface area contributed by atoms with Crippen LogP contribution in [-0.2, 0) is 6.42 Å². The summed E-state index contributed by atoms with van der Waals surface area (Å²) in [5, 5.41) is 5.51. The van der Waals surface area contributed by atoms with E-state index in [0.29, 0.717) is 11.8 Å². The first-order chi connectivity index (χ1) is 22.3. The summed E-state index contributed by atoms with van der Waals surface area (Å²) in [6, 6.07) is 56.5. The molecule has 7 aromatic carbocycles. The normalized spacial score (nSPS) is 16.4. The van der Waals surface area contributed by atoms with E-state index >= 15 is 0 Å². The lowest BCUT2D eigenvalue weighted by atomic mass is 9.90. The predicted octanol–water partition coefficient (Wildman–Crippen LogP) is 12.1. The van der Waals surface area contributed by atoms with Crippen LogP contribution in [0.15, 0.2) is 152 Å². The van der Waals surface area contributed by atoms with E-state index in [-0.39, 0.29) is 0 Å². The monoisotopic (exact) mass is 591 g/mol. The van der Waals surface area contributed by atoms with E-state index in [1.807, 2.05) is 11.3 Å². The molecule has 0 amide bonds. The zero-order valence-electron chi connectivity index (χ0n) is 24.7. The summed E-state index contributed by atoms with van der Waals surface area (Å²) in [5.74, 6) is 0.921. The molecule has 0 saturated carbocycles. The van der Waals surface area contributed by atoms with Gasteiger partial charge in [-0.25, -0.2) is 0 Å². The van der Waals surface area contributed by atoms with Gasteiger partial charge in [-0.15, -0.1) is 11.3 Å². The van der Waals surface area contributed by atoms with Crippen LogP contribution in [0.2, 0.25) is 0 Å². The molecule has 0 bridgehead atoms. The molecule has 0 radical (unpaired) electrons. The molecular weight excluding hydrogens is 563 g/mol. The first-order valence-corrected chi connectivity index (χ1v) is 16.6. The Kier molecular flexibility index (Phi) is 5.40. The highest BCUT2D eigenvalue weighted by Gasteiger charge is 2.41. The average Bonchev–Trinajstić information content (AvgIpc) is 3.76. The minimum absolute atomic E-state index is 0.406. The summed E-state index contributed by atoms with van der Waals surface area (Å²) in [6.45, 7) is 0. The molecular formula is C43H29NS. The average molecular weight is 592 g/mol. The summed E-state index contributed by atoms with van der Waals surface area (Å²) < 4.78 is 2.65. The Bertz CT molecular complexity index is 2430. The maximum absolute atomic E-state index is 2.50. The van der Waals surface area contributed by atoms with Crippen LogP contribution in [0.5, 0.6) is 0 Å². The second-order valence-electron chi connectivity index (χ2n) is 12.5. The lowest BCUT2D eigenvalue weighted by molar-refractivity contribution is 0.689. The minimum atomic E-state index is 0.406. The van der Waals surface area contributed by atoms with Crippen molar-refractivity contribution in [2.75, 3.05) is 4.90 Å². The Morgan fingerprint density at radius 1 is 0.489 bits per heavy atom. The van der Waals surface area contributed by atoms with Crippen LogP contribution in [0.25, 0.3) is 42.1 Å². The molecule has 1 aromatic heterocycles. The summed E-state index contributed by atoms with van der Waals surface area (Å²) >= 11 is 1.88. The number of rotatable bonds is 4. The Morgan fingerprint density at radius 3 is 2.11 bits per heavy atom. The molecule has 0 N–H and O–H groups in total. The number of benzene rings is 7. The molecule has 212 valence electrons. The maximum atomic E-state index is 2.50. The van der Waals surface area contributed by atoms with E-state index in [4.69, 9.17) is 0 Å². The van der Waals surface area contributed by atoms with Crippen LogP contribution in [0.3, 0.4) is 0 Å². The van der Waals surface area contributed by atoms with Gasteiger partial charge >= 0.3 is 0 Å². The molecule has 2 aliphatic rings. The van der Waals surface area contributed by atoms with E-state index in [1.165, 1.54) is 81.4 Å². The van der Waals surface area contributed by atoms with Crippen molar-refractivity contribution in [2.45, 2.75) is 18.3 Å². The molecule has 0 aliphatic heterocycles. The third-order valence-corrected chi connectivity index (χ3v) is 11.2. The Balaban J connectivity index is 1.16. The van der Waals surface area contributed by atoms with Crippen molar-refractivity contribution in [1.82, 2.24) is 0 Å². The van der Waals surface area contributed by atoms with Crippen LogP contribution in [0.1, 0.15) is 34.1 Å². The Hall–Kier alpha value is -5.18. The zero-order valence-corrected chi connectivity index (χ0v) is 25.5. The second-order valence-corrected chi connectivity index (χ2v) is 13.6. The number of hydrogen-bond donors (Lipinski definition) is 0. The second kappa shape index (κ2) is 9.66. The van der Waals surface area contributed by atoms with E-state index in [1.54, 1.807) is 0 Å².